The first-order valence-electron chi connectivity index (χ1n) is 9.62. The second kappa shape index (κ2) is 9.95. The van der Waals surface area contributed by atoms with E-state index in [1.165, 1.54) is 25.7 Å². The van der Waals surface area contributed by atoms with Gasteiger partial charge in [0.1, 0.15) is 0 Å². The zero-order valence-electron chi connectivity index (χ0n) is 16.3. The van der Waals surface area contributed by atoms with Gasteiger partial charge >= 0.3 is 0 Å². The van der Waals surface area contributed by atoms with E-state index in [0.717, 1.165) is 24.3 Å². The van der Waals surface area contributed by atoms with Gasteiger partial charge in [-0.2, -0.15) is 0 Å². The normalized spacial score (nSPS) is 21.4. The number of hydrogen-bond donors (Lipinski definition) is 1. The molecule has 1 saturated carbocycles. The van der Waals surface area contributed by atoms with Gasteiger partial charge in [-0.1, -0.05) is 38.0 Å². The third-order valence-electron chi connectivity index (χ3n) is 5.22. The molecule has 1 N–H and O–H groups in total. The summed E-state index contributed by atoms with van der Waals surface area (Å²) in [4.78, 5) is 6.91. The van der Waals surface area contributed by atoms with E-state index < -0.39 is 9.84 Å². The van der Waals surface area contributed by atoms with Gasteiger partial charge in [-0.05, 0) is 43.2 Å². The Hall–Kier alpha value is -1.56. The lowest BCUT2D eigenvalue weighted by atomic mass is 9.83. The Kier molecular flexibility index (Phi) is 7.94. The molecule has 6 heteroatoms. The first kappa shape index (κ1) is 20.7. The van der Waals surface area contributed by atoms with Crippen LogP contribution in [0.1, 0.15) is 39.0 Å². The van der Waals surface area contributed by atoms with Crippen molar-refractivity contribution in [3.05, 3.63) is 30.3 Å². The summed E-state index contributed by atoms with van der Waals surface area (Å²) in [5.41, 5.74) is 0. The maximum Gasteiger partial charge on any atom is 0.193 e. The first-order chi connectivity index (χ1) is 12.4. The number of nitrogens with one attached hydrogen (secondary N) is 1. The molecular formula is C20H33N3O2S. The largest absolute Gasteiger partial charge is 0.356 e. The molecule has 1 aromatic rings. The molecule has 1 aromatic carbocycles. The molecule has 0 bridgehead atoms. The summed E-state index contributed by atoms with van der Waals surface area (Å²) in [5, 5.41) is 3.30. The molecule has 0 saturated heterocycles. The maximum atomic E-state index is 12.3. The highest BCUT2D eigenvalue weighted by molar-refractivity contribution is 7.91. The summed E-state index contributed by atoms with van der Waals surface area (Å²) in [6.45, 7) is 3.95. The minimum atomic E-state index is -3.21. The van der Waals surface area contributed by atoms with Crippen molar-refractivity contribution in [3.8, 4) is 0 Å². The minimum Gasteiger partial charge on any atom is -0.356 e. The molecule has 1 aliphatic carbocycles. The summed E-state index contributed by atoms with van der Waals surface area (Å²) < 4.78 is 24.6. The highest BCUT2D eigenvalue weighted by atomic mass is 32.2. The highest BCUT2D eigenvalue weighted by Crippen LogP contribution is 2.28. The second-order valence-electron chi connectivity index (χ2n) is 7.47. The van der Waals surface area contributed by atoms with Crippen LogP contribution in [0, 0.1) is 11.8 Å². The number of nitrogens with zero attached hydrogens (tertiary/aromatic N) is 2. The van der Waals surface area contributed by atoms with Crippen LogP contribution in [-0.4, -0.2) is 52.2 Å². The number of sulfone groups is 1. The molecule has 0 radical (unpaired) electrons. The smallest absolute Gasteiger partial charge is 0.193 e. The lowest BCUT2D eigenvalue weighted by Gasteiger charge is -2.31. The molecule has 0 heterocycles. The molecule has 0 aliphatic heterocycles. The Labute approximate surface area is 158 Å². The maximum absolute atomic E-state index is 12.3. The van der Waals surface area contributed by atoms with Crippen molar-refractivity contribution in [1.82, 2.24) is 10.2 Å². The van der Waals surface area contributed by atoms with Crippen molar-refractivity contribution in [2.24, 2.45) is 16.8 Å². The van der Waals surface area contributed by atoms with Crippen LogP contribution >= 0.6 is 0 Å². The van der Waals surface area contributed by atoms with Crippen LogP contribution in [0.15, 0.2) is 40.2 Å². The van der Waals surface area contributed by atoms with E-state index in [0.29, 0.717) is 17.9 Å². The lowest BCUT2D eigenvalue weighted by Crippen LogP contribution is -2.42. The van der Waals surface area contributed by atoms with E-state index in [9.17, 15) is 8.42 Å². The zero-order valence-corrected chi connectivity index (χ0v) is 17.1. The minimum absolute atomic E-state index is 0.144. The SMILES string of the molecule is CN=C(NCCCS(=O)(=O)c1ccccc1)N(C)CC1CCC(C)CC1. The molecule has 5 nitrogen and oxygen atoms in total. The topological polar surface area (TPSA) is 61.8 Å². The van der Waals surface area contributed by atoms with Crippen LogP contribution in [0.25, 0.3) is 0 Å². The summed E-state index contributed by atoms with van der Waals surface area (Å²) in [6, 6.07) is 8.65. The molecular weight excluding hydrogens is 346 g/mol. The van der Waals surface area contributed by atoms with Gasteiger partial charge in [0, 0.05) is 27.2 Å². The Morgan fingerprint density at radius 1 is 1.19 bits per heavy atom. The summed E-state index contributed by atoms with van der Waals surface area (Å²) >= 11 is 0. The van der Waals surface area contributed by atoms with E-state index in [4.69, 9.17) is 0 Å². The molecule has 2 rings (SSSR count). The van der Waals surface area contributed by atoms with E-state index >= 15 is 0 Å². The molecule has 1 aliphatic rings. The second-order valence-corrected chi connectivity index (χ2v) is 9.58. The molecule has 26 heavy (non-hydrogen) atoms. The van der Waals surface area contributed by atoms with E-state index in [-0.39, 0.29) is 5.75 Å². The van der Waals surface area contributed by atoms with Gasteiger partial charge in [-0.15, -0.1) is 0 Å². The fourth-order valence-electron chi connectivity index (χ4n) is 3.58. The molecule has 0 atom stereocenters. The van der Waals surface area contributed by atoms with Crippen LogP contribution in [0.3, 0.4) is 0 Å². The van der Waals surface area contributed by atoms with E-state index in [1.54, 1.807) is 31.3 Å². The number of aliphatic imine (C=N–C) groups is 1. The van der Waals surface area contributed by atoms with E-state index in [2.05, 4.69) is 29.2 Å². The first-order valence-corrected chi connectivity index (χ1v) is 11.3. The molecule has 0 spiro atoms. The zero-order chi connectivity index (χ0) is 19.0. The van der Waals surface area contributed by atoms with Crippen LogP contribution in [0.4, 0.5) is 0 Å². The average molecular weight is 380 g/mol. The Balaban J connectivity index is 1.74. The Morgan fingerprint density at radius 3 is 2.46 bits per heavy atom. The lowest BCUT2D eigenvalue weighted by molar-refractivity contribution is 0.250. The van der Waals surface area contributed by atoms with Gasteiger partial charge in [-0.25, -0.2) is 8.42 Å². The van der Waals surface area contributed by atoms with Gasteiger partial charge in [0.05, 0.1) is 10.6 Å². The Bertz CT molecular complexity index is 666. The van der Waals surface area contributed by atoms with Crippen LogP contribution in [-0.2, 0) is 9.84 Å². The molecule has 1 fully saturated rings. The summed E-state index contributed by atoms with van der Waals surface area (Å²) in [7, 11) is 0.637. The number of hydrogen-bond acceptors (Lipinski definition) is 3. The standard InChI is InChI=1S/C20H33N3O2S/c1-17-10-12-18(13-11-17)16-23(3)20(21-2)22-14-7-15-26(24,25)19-8-5-4-6-9-19/h4-6,8-9,17-18H,7,10-16H2,1-3H3,(H,21,22). The third-order valence-corrected chi connectivity index (χ3v) is 7.03. The molecule has 0 unspecified atom stereocenters. The van der Waals surface area contributed by atoms with Crippen molar-refractivity contribution < 1.29 is 8.42 Å². The van der Waals surface area contributed by atoms with Crippen molar-refractivity contribution in [2.75, 3.05) is 32.9 Å². The average Bonchev–Trinajstić information content (AvgIpc) is 2.64. The fraction of sp³-hybridized carbons (Fsp3) is 0.650. The van der Waals surface area contributed by atoms with Gasteiger partial charge in [0.15, 0.2) is 15.8 Å². The van der Waals surface area contributed by atoms with Crippen LogP contribution < -0.4 is 5.32 Å². The van der Waals surface area contributed by atoms with Crippen molar-refractivity contribution in [3.63, 3.8) is 0 Å². The van der Waals surface area contributed by atoms with Crippen LogP contribution in [0.5, 0.6) is 0 Å². The predicted molar refractivity (Wildman–Crippen MR) is 108 cm³/mol. The third kappa shape index (κ3) is 6.31. The quantitative estimate of drug-likeness (QED) is 0.449. The fourth-order valence-corrected chi connectivity index (χ4v) is 4.91. The van der Waals surface area contributed by atoms with Crippen molar-refractivity contribution in [1.29, 1.82) is 0 Å². The summed E-state index contributed by atoms with van der Waals surface area (Å²) in [5.74, 6) is 2.58. The summed E-state index contributed by atoms with van der Waals surface area (Å²) in [6.07, 6.45) is 5.78. The predicted octanol–water partition coefficient (Wildman–Crippen LogP) is 3.18. The monoisotopic (exact) mass is 379 g/mol. The Morgan fingerprint density at radius 2 is 1.85 bits per heavy atom. The van der Waals surface area contributed by atoms with E-state index in [1.807, 2.05) is 6.07 Å². The van der Waals surface area contributed by atoms with Gasteiger partial charge < -0.3 is 10.2 Å². The number of guanidine groups is 1. The number of rotatable bonds is 7. The molecule has 146 valence electrons. The van der Waals surface area contributed by atoms with Crippen LogP contribution in [0.2, 0.25) is 0 Å². The number of benzene rings is 1. The van der Waals surface area contributed by atoms with Gasteiger partial charge in [0.2, 0.25) is 0 Å². The highest BCUT2D eigenvalue weighted by Gasteiger charge is 2.20. The van der Waals surface area contributed by atoms with Gasteiger partial charge in [-0.3, -0.25) is 4.99 Å². The molecule has 0 amide bonds. The van der Waals surface area contributed by atoms with Crippen molar-refractivity contribution >= 4 is 15.8 Å². The van der Waals surface area contributed by atoms with Crippen molar-refractivity contribution in [2.45, 2.75) is 43.9 Å². The molecule has 0 aromatic heterocycles. The van der Waals surface area contributed by atoms with Gasteiger partial charge in [0.25, 0.3) is 0 Å².